The Hall–Kier alpha value is -0.700. The highest BCUT2D eigenvalue weighted by Gasteiger charge is 2.05. The van der Waals surface area contributed by atoms with Crippen LogP contribution in [0.1, 0.15) is 17.3 Å². The number of nitrogens with zero attached hydrogens (tertiary/aromatic N) is 2. The van der Waals surface area contributed by atoms with E-state index in [1.54, 1.807) is 7.05 Å². The molecule has 0 unspecified atom stereocenters. The Kier molecular flexibility index (Phi) is 10.6. The highest BCUT2D eigenvalue weighted by Crippen LogP contribution is 2.07. The highest BCUT2D eigenvalue weighted by molar-refractivity contribution is 14.0. The van der Waals surface area contributed by atoms with Crippen molar-refractivity contribution in [3.8, 4) is 0 Å². The van der Waals surface area contributed by atoms with E-state index in [1.807, 2.05) is 31.7 Å². The van der Waals surface area contributed by atoms with Crippen LogP contribution in [0, 0.1) is 13.8 Å². The van der Waals surface area contributed by atoms with Crippen LogP contribution in [0.4, 0.5) is 0 Å². The molecule has 1 heterocycles. The topological polar surface area (TPSA) is 62.5 Å². The van der Waals surface area contributed by atoms with Gasteiger partial charge < -0.3 is 15.1 Å². The lowest BCUT2D eigenvalue weighted by Crippen LogP contribution is -2.38. The first kappa shape index (κ1) is 19.3. The quantitative estimate of drug-likeness (QED) is 0.238. The van der Waals surface area contributed by atoms with Crippen LogP contribution in [0.3, 0.4) is 0 Å². The standard InChI is InChI=1S/C13H22N4OS.HI/c1-5-7-19-8-6-15-13(14-4)16-9-12-17-10(2)11(3)18-12;/h5H,1,6-9H2,2-4H3,(H2,14,15,16);1H. The van der Waals surface area contributed by atoms with Gasteiger partial charge in [0.15, 0.2) is 5.96 Å². The maximum atomic E-state index is 5.50. The van der Waals surface area contributed by atoms with Crippen molar-refractivity contribution in [2.24, 2.45) is 4.99 Å². The number of aliphatic imine (C=N–C) groups is 1. The maximum absolute atomic E-state index is 5.50. The Labute approximate surface area is 142 Å². The smallest absolute Gasteiger partial charge is 0.214 e. The van der Waals surface area contributed by atoms with Crippen LogP contribution in [0.15, 0.2) is 22.1 Å². The second-order valence-corrected chi connectivity index (χ2v) is 5.12. The van der Waals surface area contributed by atoms with Crippen LogP contribution < -0.4 is 10.6 Å². The number of hydrogen-bond acceptors (Lipinski definition) is 4. The molecule has 20 heavy (non-hydrogen) atoms. The Morgan fingerprint density at radius 1 is 1.45 bits per heavy atom. The summed E-state index contributed by atoms with van der Waals surface area (Å²) < 4.78 is 5.50. The molecule has 0 radical (unpaired) electrons. The van der Waals surface area contributed by atoms with Gasteiger partial charge in [0, 0.05) is 25.1 Å². The number of aryl methyl sites for hydroxylation is 2. The predicted octanol–water partition coefficient (Wildman–Crippen LogP) is 2.49. The van der Waals surface area contributed by atoms with E-state index in [9.17, 15) is 0 Å². The van der Waals surface area contributed by atoms with Gasteiger partial charge in [0.25, 0.3) is 0 Å². The van der Waals surface area contributed by atoms with Crippen molar-refractivity contribution in [1.82, 2.24) is 15.6 Å². The van der Waals surface area contributed by atoms with Crippen LogP contribution in [0.2, 0.25) is 0 Å². The first-order chi connectivity index (χ1) is 9.17. The number of nitrogens with one attached hydrogen (secondary N) is 2. The van der Waals surface area contributed by atoms with Gasteiger partial charge >= 0.3 is 0 Å². The molecule has 0 aliphatic carbocycles. The van der Waals surface area contributed by atoms with Crippen LogP contribution in [-0.4, -0.2) is 36.0 Å². The van der Waals surface area contributed by atoms with Crippen LogP contribution in [-0.2, 0) is 6.54 Å². The molecule has 0 saturated carbocycles. The van der Waals surface area contributed by atoms with Crippen molar-refractivity contribution in [1.29, 1.82) is 0 Å². The molecule has 0 spiro atoms. The second kappa shape index (κ2) is 11.0. The number of rotatable bonds is 7. The normalized spacial score (nSPS) is 10.8. The fraction of sp³-hybridized carbons (Fsp3) is 0.538. The van der Waals surface area contributed by atoms with Gasteiger partial charge in [-0.25, -0.2) is 4.98 Å². The Bertz CT molecular complexity index is 415. The molecule has 0 bridgehead atoms. The molecule has 2 N–H and O–H groups in total. The van der Waals surface area contributed by atoms with Crippen LogP contribution in [0.25, 0.3) is 0 Å². The Morgan fingerprint density at radius 3 is 2.75 bits per heavy atom. The lowest BCUT2D eigenvalue weighted by molar-refractivity contribution is 0.464. The minimum absolute atomic E-state index is 0. The third-order valence-electron chi connectivity index (χ3n) is 2.48. The minimum Gasteiger partial charge on any atom is -0.444 e. The van der Waals surface area contributed by atoms with Crippen LogP contribution >= 0.6 is 35.7 Å². The SMILES string of the molecule is C=CCSCCNC(=NC)NCc1nc(C)c(C)o1.I. The van der Waals surface area contributed by atoms with Gasteiger partial charge in [-0.1, -0.05) is 6.08 Å². The third-order valence-corrected chi connectivity index (χ3v) is 3.44. The number of aromatic nitrogens is 1. The molecule has 0 amide bonds. The first-order valence-electron chi connectivity index (χ1n) is 6.23. The summed E-state index contributed by atoms with van der Waals surface area (Å²) in [6, 6.07) is 0. The molecule has 0 fully saturated rings. The summed E-state index contributed by atoms with van der Waals surface area (Å²) in [6.45, 7) is 8.93. The Morgan fingerprint density at radius 2 is 2.20 bits per heavy atom. The zero-order valence-corrected chi connectivity index (χ0v) is 15.4. The molecular formula is C13H23IN4OS. The molecule has 114 valence electrons. The lowest BCUT2D eigenvalue weighted by atomic mass is 10.4. The molecule has 0 saturated heterocycles. The van der Waals surface area contributed by atoms with E-state index >= 15 is 0 Å². The second-order valence-electron chi connectivity index (χ2n) is 3.97. The zero-order chi connectivity index (χ0) is 14.1. The van der Waals surface area contributed by atoms with Crippen molar-refractivity contribution in [2.45, 2.75) is 20.4 Å². The van der Waals surface area contributed by atoms with Gasteiger partial charge in [0.05, 0.1) is 12.2 Å². The van der Waals surface area contributed by atoms with Gasteiger partial charge in [0.1, 0.15) is 5.76 Å². The van der Waals surface area contributed by atoms with Gasteiger partial charge in [0.2, 0.25) is 5.89 Å². The monoisotopic (exact) mass is 410 g/mol. The first-order valence-corrected chi connectivity index (χ1v) is 7.39. The van der Waals surface area contributed by atoms with Gasteiger partial charge in [-0.05, 0) is 13.8 Å². The average Bonchev–Trinajstić information content (AvgIpc) is 2.72. The van der Waals surface area contributed by atoms with E-state index in [-0.39, 0.29) is 24.0 Å². The van der Waals surface area contributed by atoms with E-state index < -0.39 is 0 Å². The summed E-state index contributed by atoms with van der Waals surface area (Å²) in [6.07, 6.45) is 1.91. The average molecular weight is 410 g/mol. The van der Waals surface area contributed by atoms with Crippen molar-refractivity contribution in [3.05, 3.63) is 30.0 Å². The molecule has 1 aromatic heterocycles. The van der Waals surface area contributed by atoms with Gasteiger partial charge in [-0.2, -0.15) is 11.8 Å². The maximum Gasteiger partial charge on any atom is 0.214 e. The van der Waals surface area contributed by atoms with E-state index in [0.717, 1.165) is 35.5 Å². The molecule has 7 heteroatoms. The summed E-state index contributed by atoms with van der Waals surface area (Å²) in [5.74, 6) is 4.29. The molecule has 1 rings (SSSR count). The lowest BCUT2D eigenvalue weighted by Gasteiger charge is -2.09. The summed E-state index contributed by atoms with van der Waals surface area (Å²) >= 11 is 1.83. The van der Waals surface area contributed by atoms with E-state index in [0.29, 0.717) is 12.4 Å². The summed E-state index contributed by atoms with van der Waals surface area (Å²) in [4.78, 5) is 8.46. The van der Waals surface area contributed by atoms with Gasteiger partial charge in [-0.15, -0.1) is 30.6 Å². The third kappa shape index (κ3) is 7.18. The van der Waals surface area contributed by atoms with E-state index in [4.69, 9.17) is 4.42 Å². The van der Waals surface area contributed by atoms with Crippen LogP contribution in [0.5, 0.6) is 0 Å². The van der Waals surface area contributed by atoms with E-state index in [2.05, 4.69) is 27.2 Å². The zero-order valence-electron chi connectivity index (χ0n) is 12.2. The van der Waals surface area contributed by atoms with E-state index in [1.165, 1.54) is 0 Å². The number of thioether (sulfide) groups is 1. The fourth-order valence-electron chi connectivity index (χ4n) is 1.40. The highest BCUT2D eigenvalue weighted by atomic mass is 127. The molecule has 0 aliphatic heterocycles. The van der Waals surface area contributed by atoms with Crippen molar-refractivity contribution in [2.75, 3.05) is 25.1 Å². The molecule has 0 aliphatic rings. The number of guanidine groups is 1. The molecular weight excluding hydrogens is 387 g/mol. The molecule has 5 nitrogen and oxygen atoms in total. The molecule has 0 aromatic carbocycles. The fourth-order valence-corrected chi connectivity index (χ4v) is 1.98. The van der Waals surface area contributed by atoms with Gasteiger partial charge in [-0.3, -0.25) is 4.99 Å². The largest absolute Gasteiger partial charge is 0.444 e. The predicted molar refractivity (Wildman–Crippen MR) is 97.1 cm³/mol. The Balaban J connectivity index is 0.00000361. The number of halogens is 1. The summed E-state index contributed by atoms with van der Waals surface area (Å²) in [5, 5.41) is 6.40. The number of hydrogen-bond donors (Lipinski definition) is 2. The summed E-state index contributed by atoms with van der Waals surface area (Å²) in [7, 11) is 1.75. The van der Waals surface area contributed by atoms with Crippen molar-refractivity contribution in [3.63, 3.8) is 0 Å². The van der Waals surface area contributed by atoms with Crippen molar-refractivity contribution < 1.29 is 4.42 Å². The minimum atomic E-state index is 0. The molecule has 1 aromatic rings. The van der Waals surface area contributed by atoms with Crippen molar-refractivity contribution >= 4 is 41.7 Å². The summed E-state index contributed by atoms with van der Waals surface area (Å²) in [5.41, 5.74) is 0.931. The molecule has 0 atom stereocenters. The number of oxazole rings is 1.